The van der Waals surface area contributed by atoms with Gasteiger partial charge in [0.25, 0.3) is 0 Å². The highest BCUT2D eigenvalue weighted by molar-refractivity contribution is 5.95. The average molecular weight is 246 g/mol. The molecule has 1 aromatic carbocycles. The largest absolute Gasteiger partial charge is 0.320 e. The second-order valence-electron chi connectivity index (χ2n) is 4.94. The number of anilines is 1. The van der Waals surface area contributed by atoms with E-state index < -0.39 is 0 Å². The summed E-state index contributed by atoms with van der Waals surface area (Å²) in [5.74, 6) is 0.264. The van der Waals surface area contributed by atoms with Crippen LogP contribution >= 0.6 is 0 Å². The van der Waals surface area contributed by atoms with Gasteiger partial charge in [-0.2, -0.15) is 0 Å². The van der Waals surface area contributed by atoms with E-state index in [4.69, 9.17) is 0 Å². The Hall–Kier alpha value is -1.35. The van der Waals surface area contributed by atoms with Crippen molar-refractivity contribution in [3.63, 3.8) is 0 Å². The Kier molecular flexibility index (Phi) is 4.37. The van der Waals surface area contributed by atoms with Crippen LogP contribution in [0.3, 0.4) is 0 Å². The van der Waals surface area contributed by atoms with E-state index in [0.717, 1.165) is 32.4 Å². The van der Waals surface area contributed by atoms with Crippen molar-refractivity contribution in [1.82, 2.24) is 5.32 Å². The summed E-state index contributed by atoms with van der Waals surface area (Å²) in [7, 11) is 1.92. The molecule has 1 aliphatic heterocycles. The van der Waals surface area contributed by atoms with Gasteiger partial charge >= 0.3 is 0 Å². The number of rotatable bonds is 4. The summed E-state index contributed by atoms with van der Waals surface area (Å²) in [6.45, 7) is 3.87. The standard InChI is InChI=1S/C15H22N2O/c1-12-6-3-7-13-8-5-11-17(15(12)13)14(18)9-4-10-16-2/h3,6-7,16H,4-5,8-11H2,1-2H3. The monoisotopic (exact) mass is 246 g/mol. The molecule has 0 fully saturated rings. The molecule has 2 rings (SSSR count). The SMILES string of the molecule is CNCCCC(=O)N1CCCc2cccc(C)c21. The van der Waals surface area contributed by atoms with Crippen LogP contribution in [0, 0.1) is 6.92 Å². The van der Waals surface area contributed by atoms with Gasteiger partial charge in [-0.3, -0.25) is 4.79 Å². The number of hydrogen-bond donors (Lipinski definition) is 1. The molecule has 1 aromatic rings. The second kappa shape index (κ2) is 6.01. The van der Waals surface area contributed by atoms with Gasteiger partial charge in [0.05, 0.1) is 0 Å². The zero-order valence-corrected chi connectivity index (χ0v) is 11.3. The molecule has 1 amide bonds. The van der Waals surface area contributed by atoms with E-state index in [1.165, 1.54) is 16.8 Å². The third-order valence-electron chi connectivity index (χ3n) is 3.54. The van der Waals surface area contributed by atoms with Crippen molar-refractivity contribution in [2.75, 3.05) is 25.0 Å². The number of aryl methyl sites for hydroxylation is 2. The van der Waals surface area contributed by atoms with Gasteiger partial charge in [0.1, 0.15) is 0 Å². The Bertz CT molecular complexity index is 429. The summed E-state index contributed by atoms with van der Waals surface area (Å²) in [5, 5.41) is 3.09. The van der Waals surface area contributed by atoms with Crippen molar-refractivity contribution in [2.24, 2.45) is 0 Å². The Labute approximate surface area is 109 Å². The van der Waals surface area contributed by atoms with E-state index in [0.29, 0.717) is 6.42 Å². The number of carbonyl (C=O) groups excluding carboxylic acids is 1. The molecule has 3 heteroatoms. The molecule has 0 aliphatic carbocycles. The lowest BCUT2D eigenvalue weighted by Gasteiger charge is -2.31. The maximum absolute atomic E-state index is 12.3. The predicted octanol–water partition coefficient (Wildman–Crippen LogP) is 2.27. The van der Waals surface area contributed by atoms with Crippen molar-refractivity contribution >= 4 is 11.6 Å². The van der Waals surface area contributed by atoms with Crippen LogP contribution in [-0.2, 0) is 11.2 Å². The van der Waals surface area contributed by atoms with Crippen LogP contribution in [0.4, 0.5) is 5.69 Å². The summed E-state index contributed by atoms with van der Waals surface area (Å²) in [4.78, 5) is 14.3. The number of carbonyl (C=O) groups is 1. The fraction of sp³-hybridized carbons (Fsp3) is 0.533. The molecule has 98 valence electrons. The van der Waals surface area contributed by atoms with Gasteiger partial charge < -0.3 is 10.2 Å². The molecule has 0 saturated carbocycles. The van der Waals surface area contributed by atoms with Gasteiger partial charge in [0.15, 0.2) is 0 Å². The Morgan fingerprint density at radius 1 is 1.44 bits per heavy atom. The molecular weight excluding hydrogens is 224 g/mol. The lowest BCUT2D eigenvalue weighted by Crippen LogP contribution is -2.36. The van der Waals surface area contributed by atoms with Gasteiger partial charge in [0.2, 0.25) is 5.91 Å². The highest BCUT2D eigenvalue weighted by Crippen LogP contribution is 2.30. The summed E-state index contributed by atoms with van der Waals surface area (Å²) in [6.07, 6.45) is 3.72. The fourth-order valence-electron chi connectivity index (χ4n) is 2.65. The average Bonchev–Trinajstić information content (AvgIpc) is 2.38. The van der Waals surface area contributed by atoms with Crippen molar-refractivity contribution in [3.8, 4) is 0 Å². The van der Waals surface area contributed by atoms with Crippen molar-refractivity contribution in [3.05, 3.63) is 29.3 Å². The fourth-order valence-corrected chi connectivity index (χ4v) is 2.65. The molecule has 1 heterocycles. The zero-order valence-electron chi connectivity index (χ0n) is 11.3. The Balaban J connectivity index is 2.14. The molecule has 0 atom stereocenters. The quantitative estimate of drug-likeness (QED) is 0.827. The lowest BCUT2D eigenvalue weighted by molar-refractivity contribution is -0.118. The van der Waals surface area contributed by atoms with Crippen LogP contribution < -0.4 is 10.2 Å². The summed E-state index contributed by atoms with van der Waals surface area (Å²) in [5.41, 5.74) is 3.70. The first-order valence-electron chi connectivity index (χ1n) is 6.77. The number of para-hydroxylation sites is 1. The van der Waals surface area contributed by atoms with E-state index in [1.54, 1.807) is 0 Å². The van der Waals surface area contributed by atoms with Gasteiger partial charge in [-0.1, -0.05) is 18.2 Å². The zero-order chi connectivity index (χ0) is 13.0. The Morgan fingerprint density at radius 3 is 3.06 bits per heavy atom. The minimum atomic E-state index is 0.264. The first-order valence-corrected chi connectivity index (χ1v) is 6.77. The molecule has 1 N–H and O–H groups in total. The van der Waals surface area contributed by atoms with E-state index >= 15 is 0 Å². The summed E-state index contributed by atoms with van der Waals surface area (Å²) in [6, 6.07) is 6.33. The molecule has 0 radical (unpaired) electrons. The van der Waals surface area contributed by atoms with Crippen LogP contribution in [0.2, 0.25) is 0 Å². The number of nitrogens with one attached hydrogen (secondary N) is 1. The highest BCUT2D eigenvalue weighted by Gasteiger charge is 2.23. The van der Waals surface area contributed by atoms with Crippen LogP contribution in [0.5, 0.6) is 0 Å². The molecule has 0 saturated heterocycles. The predicted molar refractivity (Wildman–Crippen MR) is 75.0 cm³/mol. The number of fused-ring (bicyclic) bond motifs is 1. The van der Waals surface area contributed by atoms with Crippen molar-refractivity contribution in [2.45, 2.75) is 32.6 Å². The molecule has 0 bridgehead atoms. The summed E-state index contributed by atoms with van der Waals surface area (Å²) >= 11 is 0. The van der Waals surface area contributed by atoms with Crippen LogP contribution in [-0.4, -0.2) is 26.0 Å². The van der Waals surface area contributed by atoms with Crippen molar-refractivity contribution in [1.29, 1.82) is 0 Å². The molecule has 18 heavy (non-hydrogen) atoms. The first-order chi connectivity index (χ1) is 8.74. The smallest absolute Gasteiger partial charge is 0.227 e. The lowest BCUT2D eigenvalue weighted by atomic mass is 9.98. The van der Waals surface area contributed by atoms with Crippen LogP contribution in [0.1, 0.15) is 30.4 Å². The highest BCUT2D eigenvalue weighted by atomic mass is 16.2. The van der Waals surface area contributed by atoms with Gasteiger partial charge in [-0.05, 0) is 50.9 Å². The maximum atomic E-state index is 12.3. The third kappa shape index (κ3) is 2.72. The van der Waals surface area contributed by atoms with Gasteiger partial charge in [-0.25, -0.2) is 0 Å². The molecular formula is C15H22N2O. The third-order valence-corrected chi connectivity index (χ3v) is 3.54. The topological polar surface area (TPSA) is 32.3 Å². The van der Waals surface area contributed by atoms with E-state index in [2.05, 4.69) is 30.4 Å². The van der Waals surface area contributed by atoms with E-state index in [9.17, 15) is 4.79 Å². The van der Waals surface area contributed by atoms with Gasteiger partial charge in [-0.15, -0.1) is 0 Å². The second-order valence-corrected chi connectivity index (χ2v) is 4.94. The minimum Gasteiger partial charge on any atom is -0.320 e. The normalized spacial score (nSPS) is 14.4. The van der Waals surface area contributed by atoms with Crippen LogP contribution in [0.15, 0.2) is 18.2 Å². The molecule has 0 unspecified atom stereocenters. The van der Waals surface area contributed by atoms with Crippen molar-refractivity contribution < 1.29 is 4.79 Å². The molecule has 0 spiro atoms. The van der Waals surface area contributed by atoms with Crippen LogP contribution in [0.25, 0.3) is 0 Å². The number of hydrogen-bond acceptors (Lipinski definition) is 2. The number of benzene rings is 1. The number of nitrogens with zero attached hydrogens (tertiary/aromatic N) is 1. The number of amides is 1. The summed E-state index contributed by atoms with van der Waals surface area (Å²) < 4.78 is 0. The molecule has 0 aromatic heterocycles. The van der Waals surface area contributed by atoms with E-state index in [1.807, 2.05) is 11.9 Å². The van der Waals surface area contributed by atoms with E-state index in [-0.39, 0.29) is 5.91 Å². The first kappa shape index (κ1) is 13.1. The Morgan fingerprint density at radius 2 is 2.28 bits per heavy atom. The maximum Gasteiger partial charge on any atom is 0.227 e. The minimum absolute atomic E-state index is 0.264. The molecule has 1 aliphatic rings. The van der Waals surface area contributed by atoms with Gasteiger partial charge in [0, 0.05) is 18.7 Å². The molecule has 3 nitrogen and oxygen atoms in total.